The molecule has 1 saturated heterocycles. The summed E-state index contributed by atoms with van der Waals surface area (Å²) < 4.78 is 28.5. The Bertz CT molecular complexity index is 306. The Morgan fingerprint density at radius 3 is 2.31 bits per heavy atom. The van der Waals surface area contributed by atoms with E-state index in [-0.39, 0.29) is 6.04 Å². The summed E-state index contributed by atoms with van der Waals surface area (Å²) in [5.41, 5.74) is 0. The standard InChI is InChI=1S/C10H21N3O2S/c14-16(15,13-8-6-11-7-9-13)12-10-4-2-1-3-5-10/h10-12H,1-9H2. The minimum Gasteiger partial charge on any atom is -0.314 e. The summed E-state index contributed by atoms with van der Waals surface area (Å²) in [6, 6.07) is 0.161. The number of hydrogen-bond acceptors (Lipinski definition) is 3. The third-order valence-electron chi connectivity index (χ3n) is 3.34. The number of piperazine rings is 1. The molecule has 0 amide bonds. The normalized spacial score (nSPS) is 25.8. The lowest BCUT2D eigenvalue weighted by atomic mass is 9.96. The Balaban J connectivity index is 1.90. The first kappa shape index (κ1) is 12.3. The molecule has 0 unspecified atom stereocenters. The van der Waals surface area contributed by atoms with E-state index in [0.717, 1.165) is 38.8 Å². The monoisotopic (exact) mass is 247 g/mol. The van der Waals surface area contributed by atoms with Crippen molar-refractivity contribution in [1.29, 1.82) is 0 Å². The summed E-state index contributed by atoms with van der Waals surface area (Å²) in [4.78, 5) is 0. The van der Waals surface area contributed by atoms with Gasteiger partial charge in [-0.05, 0) is 12.8 Å². The van der Waals surface area contributed by atoms with Crippen LogP contribution in [0.1, 0.15) is 32.1 Å². The van der Waals surface area contributed by atoms with E-state index >= 15 is 0 Å². The third-order valence-corrected chi connectivity index (χ3v) is 5.01. The zero-order valence-electron chi connectivity index (χ0n) is 9.61. The van der Waals surface area contributed by atoms with Gasteiger partial charge < -0.3 is 5.32 Å². The lowest BCUT2D eigenvalue weighted by molar-refractivity contribution is 0.340. The van der Waals surface area contributed by atoms with E-state index in [0.29, 0.717) is 13.1 Å². The van der Waals surface area contributed by atoms with Gasteiger partial charge in [0.1, 0.15) is 0 Å². The second-order valence-corrected chi connectivity index (χ2v) is 6.31. The highest BCUT2D eigenvalue weighted by molar-refractivity contribution is 7.87. The maximum absolute atomic E-state index is 12.0. The SMILES string of the molecule is O=S(=O)(NC1CCCCC1)N1CCNCC1. The Morgan fingerprint density at radius 2 is 1.69 bits per heavy atom. The summed E-state index contributed by atoms with van der Waals surface area (Å²) in [6.45, 7) is 2.68. The van der Waals surface area contributed by atoms with E-state index in [9.17, 15) is 8.42 Å². The molecule has 2 fully saturated rings. The van der Waals surface area contributed by atoms with Crippen molar-refractivity contribution in [3.63, 3.8) is 0 Å². The molecule has 2 N–H and O–H groups in total. The van der Waals surface area contributed by atoms with E-state index in [4.69, 9.17) is 0 Å². The van der Waals surface area contributed by atoms with Gasteiger partial charge in [0, 0.05) is 32.2 Å². The van der Waals surface area contributed by atoms with E-state index < -0.39 is 10.2 Å². The molecule has 0 aromatic carbocycles. The quantitative estimate of drug-likeness (QED) is 0.741. The molecule has 0 radical (unpaired) electrons. The molecule has 0 atom stereocenters. The first-order valence-electron chi connectivity index (χ1n) is 6.16. The van der Waals surface area contributed by atoms with Gasteiger partial charge in [-0.1, -0.05) is 19.3 Å². The van der Waals surface area contributed by atoms with Crippen LogP contribution in [0.5, 0.6) is 0 Å². The molecule has 1 aliphatic carbocycles. The largest absolute Gasteiger partial charge is 0.314 e. The fraction of sp³-hybridized carbons (Fsp3) is 1.00. The van der Waals surface area contributed by atoms with Crippen LogP contribution < -0.4 is 10.0 Å². The second-order valence-electron chi connectivity index (χ2n) is 4.61. The highest BCUT2D eigenvalue weighted by Gasteiger charge is 2.27. The van der Waals surface area contributed by atoms with Crippen molar-refractivity contribution in [2.75, 3.05) is 26.2 Å². The van der Waals surface area contributed by atoms with Gasteiger partial charge in [0.05, 0.1) is 0 Å². The van der Waals surface area contributed by atoms with Crippen LogP contribution in [0.25, 0.3) is 0 Å². The predicted molar refractivity (Wildman–Crippen MR) is 63.4 cm³/mol. The highest BCUT2D eigenvalue weighted by Crippen LogP contribution is 2.18. The number of hydrogen-bond donors (Lipinski definition) is 2. The second kappa shape index (κ2) is 5.44. The van der Waals surface area contributed by atoms with E-state index in [1.807, 2.05) is 0 Å². The fourth-order valence-electron chi connectivity index (χ4n) is 2.39. The number of nitrogens with one attached hydrogen (secondary N) is 2. The van der Waals surface area contributed by atoms with Crippen LogP contribution in [-0.4, -0.2) is 44.9 Å². The summed E-state index contributed by atoms with van der Waals surface area (Å²) in [7, 11) is -3.24. The molecule has 5 nitrogen and oxygen atoms in total. The molecule has 0 spiro atoms. The molecule has 1 heterocycles. The Hall–Kier alpha value is -0.170. The third kappa shape index (κ3) is 3.16. The molecule has 0 aromatic rings. The zero-order chi connectivity index (χ0) is 11.4. The van der Waals surface area contributed by atoms with Gasteiger partial charge in [-0.25, -0.2) is 0 Å². The molecule has 0 bridgehead atoms. The molecule has 1 aliphatic heterocycles. The smallest absolute Gasteiger partial charge is 0.279 e. The molecular formula is C10H21N3O2S. The van der Waals surface area contributed by atoms with E-state index in [1.165, 1.54) is 6.42 Å². The van der Waals surface area contributed by atoms with Crippen molar-refractivity contribution in [3.8, 4) is 0 Å². The molecule has 2 aliphatic rings. The van der Waals surface area contributed by atoms with Crippen molar-refractivity contribution >= 4 is 10.2 Å². The average Bonchev–Trinajstić information content (AvgIpc) is 2.31. The Morgan fingerprint density at radius 1 is 1.06 bits per heavy atom. The number of rotatable bonds is 3. The first-order valence-corrected chi connectivity index (χ1v) is 7.60. The van der Waals surface area contributed by atoms with Crippen LogP contribution in [0.4, 0.5) is 0 Å². The first-order chi connectivity index (χ1) is 7.68. The zero-order valence-corrected chi connectivity index (χ0v) is 10.4. The summed E-state index contributed by atoms with van der Waals surface area (Å²) >= 11 is 0. The maximum Gasteiger partial charge on any atom is 0.279 e. The van der Waals surface area contributed by atoms with Gasteiger partial charge in [-0.2, -0.15) is 17.4 Å². The van der Waals surface area contributed by atoms with Crippen LogP contribution in [0, 0.1) is 0 Å². The van der Waals surface area contributed by atoms with E-state index in [1.54, 1.807) is 4.31 Å². The van der Waals surface area contributed by atoms with Crippen LogP contribution in [0.3, 0.4) is 0 Å². The van der Waals surface area contributed by atoms with Gasteiger partial charge in [0.2, 0.25) is 0 Å². The van der Waals surface area contributed by atoms with Crippen LogP contribution in [-0.2, 0) is 10.2 Å². The van der Waals surface area contributed by atoms with Gasteiger partial charge >= 0.3 is 0 Å². The van der Waals surface area contributed by atoms with Gasteiger partial charge in [0.15, 0.2) is 0 Å². The van der Waals surface area contributed by atoms with Crippen molar-refractivity contribution in [1.82, 2.24) is 14.3 Å². The summed E-state index contributed by atoms with van der Waals surface area (Å²) in [6.07, 6.45) is 5.52. The molecule has 16 heavy (non-hydrogen) atoms. The fourth-order valence-corrected chi connectivity index (χ4v) is 3.86. The molecule has 6 heteroatoms. The highest BCUT2D eigenvalue weighted by atomic mass is 32.2. The molecular weight excluding hydrogens is 226 g/mol. The molecule has 1 saturated carbocycles. The van der Waals surface area contributed by atoms with E-state index in [2.05, 4.69) is 10.0 Å². The van der Waals surface area contributed by atoms with Crippen molar-refractivity contribution < 1.29 is 8.42 Å². The minimum atomic E-state index is -3.24. The van der Waals surface area contributed by atoms with Crippen LogP contribution in [0.15, 0.2) is 0 Å². The van der Waals surface area contributed by atoms with Gasteiger partial charge in [-0.3, -0.25) is 0 Å². The van der Waals surface area contributed by atoms with Crippen molar-refractivity contribution in [3.05, 3.63) is 0 Å². The molecule has 0 aromatic heterocycles. The summed E-state index contributed by atoms with van der Waals surface area (Å²) in [5.74, 6) is 0. The predicted octanol–water partition coefficient (Wildman–Crippen LogP) is 0.0587. The van der Waals surface area contributed by atoms with Crippen LogP contribution in [0.2, 0.25) is 0 Å². The lowest BCUT2D eigenvalue weighted by Crippen LogP contribution is -2.52. The lowest BCUT2D eigenvalue weighted by Gasteiger charge is -2.30. The van der Waals surface area contributed by atoms with Gasteiger partial charge in [0.25, 0.3) is 10.2 Å². The van der Waals surface area contributed by atoms with Crippen LogP contribution >= 0.6 is 0 Å². The molecule has 2 rings (SSSR count). The van der Waals surface area contributed by atoms with Crippen molar-refractivity contribution in [2.45, 2.75) is 38.1 Å². The van der Waals surface area contributed by atoms with Crippen molar-refractivity contribution in [2.24, 2.45) is 0 Å². The Kier molecular flexibility index (Phi) is 4.18. The maximum atomic E-state index is 12.0. The average molecular weight is 247 g/mol. The summed E-state index contributed by atoms with van der Waals surface area (Å²) in [5, 5.41) is 3.16. The topological polar surface area (TPSA) is 61.4 Å². The minimum absolute atomic E-state index is 0.161. The van der Waals surface area contributed by atoms with Gasteiger partial charge in [-0.15, -0.1) is 0 Å². The number of nitrogens with zero attached hydrogens (tertiary/aromatic N) is 1. The Labute approximate surface area is 97.8 Å². The molecule has 94 valence electrons.